The number of fused-ring (bicyclic) bond motifs is 1. The fourth-order valence-corrected chi connectivity index (χ4v) is 4.44. The summed E-state index contributed by atoms with van der Waals surface area (Å²) in [4.78, 5) is 9.66. The molecule has 2 N–H and O–H groups in total. The third-order valence-electron chi connectivity index (χ3n) is 6.23. The van der Waals surface area contributed by atoms with Gasteiger partial charge in [-0.05, 0) is 42.7 Å². The molecule has 0 aliphatic carbocycles. The Kier molecular flexibility index (Phi) is 6.71. The normalized spacial score (nSPS) is 14.1. The smallest absolute Gasteiger partial charge is 0.0731 e. The van der Waals surface area contributed by atoms with Crippen LogP contribution in [0.3, 0.4) is 0 Å². The molecule has 1 aliphatic heterocycles. The van der Waals surface area contributed by atoms with E-state index in [1.807, 2.05) is 36.4 Å². The van der Waals surface area contributed by atoms with Crippen LogP contribution in [0.5, 0.6) is 0 Å². The van der Waals surface area contributed by atoms with Crippen molar-refractivity contribution in [3.8, 4) is 11.3 Å². The number of rotatable bonds is 7. The van der Waals surface area contributed by atoms with E-state index in [0.717, 1.165) is 71.7 Å². The number of nitrogens with two attached hydrogens (primary N) is 1. The van der Waals surface area contributed by atoms with E-state index >= 15 is 0 Å². The van der Waals surface area contributed by atoms with Crippen LogP contribution in [0.1, 0.15) is 31.7 Å². The topological polar surface area (TPSA) is 45.4 Å². The van der Waals surface area contributed by atoms with Crippen molar-refractivity contribution in [2.24, 2.45) is 0 Å². The lowest BCUT2D eigenvalue weighted by molar-refractivity contribution is 0.209. The molecule has 4 rings (SSSR count). The van der Waals surface area contributed by atoms with Gasteiger partial charge >= 0.3 is 0 Å². The maximum absolute atomic E-state index is 6.59. The summed E-state index contributed by atoms with van der Waals surface area (Å²) in [5.41, 5.74) is 12.6. The molecule has 0 radical (unpaired) electrons. The second-order valence-corrected chi connectivity index (χ2v) is 8.84. The monoisotopic (exact) mass is 446 g/mol. The summed E-state index contributed by atoms with van der Waals surface area (Å²) < 4.78 is 0. The van der Waals surface area contributed by atoms with Crippen LogP contribution in [-0.4, -0.2) is 41.0 Å². The number of nitrogen functional groups attached to an aromatic ring is 1. The average Bonchev–Trinajstić information content (AvgIpc) is 2.82. The van der Waals surface area contributed by atoms with E-state index in [1.54, 1.807) is 0 Å². The van der Waals surface area contributed by atoms with Gasteiger partial charge in [-0.2, -0.15) is 0 Å². The van der Waals surface area contributed by atoms with Crippen LogP contribution in [0.25, 0.3) is 27.9 Å². The van der Waals surface area contributed by atoms with E-state index < -0.39 is 0 Å². The van der Waals surface area contributed by atoms with Crippen molar-refractivity contribution in [2.45, 2.75) is 26.2 Å². The van der Waals surface area contributed by atoms with Crippen LogP contribution in [0, 0.1) is 0 Å². The van der Waals surface area contributed by atoms with Gasteiger partial charge < -0.3 is 15.5 Å². The summed E-state index contributed by atoms with van der Waals surface area (Å²) in [6, 6.07) is 15.8. The quantitative estimate of drug-likeness (QED) is 0.425. The van der Waals surface area contributed by atoms with Gasteiger partial charge in [-0.1, -0.05) is 62.4 Å². The number of benzene rings is 2. The number of pyridine rings is 1. The molecule has 1 fully saturated rings. The number of halogens is 1. The molecule has 0 atom stereocenters. The summed E-state index contributed by atoms with van der Waals surface area (Å²) in [6.07, 6.45) is 3.50. The van der Waals surface area contributed by atoms with Crippen molar-refractivity contribution in [3.05, 3.63) is 78.0 Å². The first-order valence-corrected chi connectivity index (χ1v) is 11.7. The fourth-order valence-electron chi connectivity index (χ4n) is 4.18. The van der Waals surface area contributed by atoms with Crippen molar-refractivity contribution in [3.63, 3.8) is 0 Å². The molecule has 166 valence electrons. The molecular formula is C27H31ClN4. The molecule has 0 saturated carbocycles. The number of allylic oxidation sites excluding steroid dienone is 1. The van der Waals surface area contributed by atoms with Crippen LogP contribution in [0.15, 0.2) is 67.4 Å². The summed E-state index contributed by atoms with van der Waals surface area (Å²) in [5.74, 6) is 0. The Morgan fingerprint density at radius 1 is 1.00 bits per heavy atom. The minimum Gasteiger partial charge on any atom is -0.399 e. The number of unbranched alkanes of at least 4 members (excludes halogenated alkanes) is 1. The first-order valence-electron chi connectivity index (χ1n) is 11.3. The Labute approximate surface area is 196 Å². The largest absolute Gasteiger partial charge is 0.399 e. The lowest BCUT2D eigenvalue weighted by atomic mass is 10.1. The molecular weight excluding hydrogens is 416 g/mol. The van der Waals surface area contributed by atoms with Gasteiger partial charge in [0.15, 0.2) is 0 Å². The highest BCUT2D eigenvalue weighted by Crippen LogP contribution is 2.31. The zero-order chi connectivity index (χ0) is 22.7. The minimum atomic E-state index is 0.693. The number of hydrogen-bond acceptors (Lipinski definition) is 4. The van der Waals surface area contributed by atoms with Crippen molar-refractivity contribution >= 4 is 33.9 Å². The van der Waals surface area contributed by atoms with Gasteiger partial charge in [0.25, 0.3) is 0 Å². The fraction of sp³-hybridized carbons (Fsp3) is 0.296. The lowest BCUT2D eigenvalue weighted by Crippen LogP contribution is -2.44. The van der Waals surface area contributed by atoms with Gasteiger partial charge in [-0.25, -0.2) is 4.98 Å². The Balaban J connectivity index is 1.52. The number of aromatic nitrogens is 1. The molecule has 4 nitrogen and oxygen atoms in total. The highest BCUT2D eigenvalue weighted by molar-refractivity contribution is 6.35. The molecule has 32 heavy (non-hydrogen) atoms. The molecule has 0 amide bonds. The molecule has 0 spiro atoms. The van der Waals surface area contributed by atoms with Crippen molar-refractivity contribution in [2.75, 3.05) is 31.9 Å². The lowest BCUT2D eigenvalue weighted by Gasteiger charge is -2.39. The van der Waals surface area contributed by atoms with E-state index in [9.17, 15) is 0 Å². The predicted molar refractivity (Wildman–Crippen MR) is 137 cm³/mol. The number of anilines is 1. The van der Waals surface area contributed by atoms with Gasteiger partial charge in [0.1, 0.15) is 0 Å². The van der Waals surface area contributed by atoms with E-state index in [4.69, 9.17) is 22.3 Å². The molecule has 3 aromatic rings. The first kappa shape index (κ1) is 22.2. The van der Waals surface area contributed by atoms with Gasteiger partial charge in [-0.3, -0.25) is 0 Å². The molecule has 5 heteroatoms. The third-order valence-corrected chi connectivity index (χ3v) is 6.54. The maximum atomic E-state index is 6.59. The van der Waals surface area contributed by atoms with Gasteiger partial charge in [-0.15, -0.1) is 0 Å². The highest BCUT2D eigenvalue weighted by Gasteiger charge is 2.20. The van der Waals surface area contributed by atoms with E-state index in [1.165, 1.54) is 18.5 Å². The maximum Gasteiger partial charge on any atom is 0.0731 e. The van der Waals surface area contributed by atoms with Gasteiger partial charge in [0.05, 0.1) is 16.2 Å². The van der Waals surface area contributed by atoms with E-state index in [0.29, 0.717) is 5.02 Å². The number of piperazine rings is 1. The zero-order valence-corrected chi connectivity index (χ0v) is 19.5. The van der Waals surface area contributed by atoms with Gasteiger partial charge in [0, 0.05) is 54.2 Å². The molecule has 2 aromatic carbocycles. The van der Waals surface area contributed by atoms with Crippen LogP contribution in [0.2, 0.25) is 5.02 Å². The van der Waals surface area contributed by atoms with Gasteiger partial charge in [0.2, 0.25) is 0 Å². The highest BCUT2D eigenvalue weighted by atomic mass is 35.5. The van der Waals surface area contributed by atoms with E-state index in [-0.39, 0.29) is 0 Å². The second-order valence-electron chi connectivity index (χ2n) is 8.43. The second kappa shape index (κ2) is 9.66. The van der Waals surface area contributed by atoms with Crippen LogP contribution < -0.4 is 5.73 Å². The SMILES string of the molecule is C=C(CCCC)N1CCN(C(=C)c2ccc3c(Cl)cc(-c4ccc(N)cc4)nc3c2)CC1. The Bertz CT molecular complexity index is 1130. The third kappa shape index (κ3) is 4.76. The minimum absolute atomic E-state index is 0.693. The van der Waals surface area contributed by atoms with Crippen molar-refractivity contribution in [1.82, 2.24) is 14.8 Å². The number of hydrogen-bond donors (Lipinski definition) is 1. The summed E-state index contributed by atoms with van der Waals surface area (Å²) in [5, 5.41) is 1.64. The molecule has 0 bridgehead atoms. The van der Waals surface area contributed by atoms with Crippen LogP contribution in [-0.2, 0) is 0 Å². The molecule has 1 aromatic heterocycles. The van der Waals surface area contributed by atoms with Crippen molar-refractivity contribution in [1.29, 1.82) is 0 Å². The summed E-state index contributed by atoms with van der Waals surface area (Å²) >= 11 is 6.59. The average molecular weight is 447 g/mol. The van der Waals surface area contributed by atoms with Crippen molar-refractivity contribution < 1.29 is 0 Å². The Morgan fingerprint density at radius 2 is 1.69 bits per heavy atom. The molecule has 2 heterocycles. The zero-order valence-electron chi connectivity index (χ0n) is 18.8. The Morgan fingerprint density at radius 3 is 2.38 bits per heavy atom. The number of nitrogens with zero attached hydrogens (tertiary/aromatic N) is 3. The van der Waals surface area contributed by atoms with E-state index in [2.05, 4.69) is 42.0 Å². The molecule has 0 unspecified atom stereocenters. The first-order chi connectivity index (χ1) is 15.5. The standard InChI is InChI=1S/C27H31ClN4/c1-4-5-6-19(2)31-13-15-32(16-14-31)20(3)22-9-12-24-25(28)18-26(30-27(24)17-22)21-7-10-23(29)11-8-21/h7-12,17-18H,2-6,13-16,29H2,1H3. The molecule has 1 aliphatic rings. The van der Waals surface area contributed by atoms with Crippen LogP contribution >= 0.6 is 11.6 Å². The summed E-state index contributed by atoms with van der Waals surface area (Å²) in [6.45, 7) is 14.8. The predicted octanol–water partition coefficient (Wildman–Crippen LogP) is 6.43. The molecule has 1 saturated heterocycles. The summed E-state index contributed by atoms with van der Waals surface area (Å²) in [7, 11) is 0. The Hall–Kier alpha value is -2.98. The van der Waals surface area contributed by atoms with Crippen LogP contribution in [0.4, 0.5) is 5.69 Å².